The number of aliphatic hydroxyl groups is 1. The molecule has 156 valence electrons. The van der Waals surface area contributed by atoms with Crippen LogP contribution in [-0.2, 0) is 16.1 Å². The number of carbonyl (C=O) groups excluding carboxylic acids is 2. The number of amides is 1. The number of nitro groups is 1. The second-order valence-corrected chi connectivity index (χ2v) is 7.30. The van der Waals surface area contributed by atoms with E-state index in [-0.39, 0.29) is 23.4 Å². The number of rotatable bonds is 5. The Balaban J connectivity index is 1.87. The molecular formula is C22H15ClN2O6. The van der Waals surface area contributed by atoms with Gasteiger partial charge >= 0.3 is 0 Å². The molecule has 1 saturated heterocycles. The Morgan fingerprint density at radius 1 is 1.13 bits per heavy atom. The fourth-order valence-electron chi connectivity index (χ4n) is 3.53. The predicted molar refractivity (Wildman–Crippen MR) is 111 cm³/mol. The Hall–Kier alpha value is -3.91. The maximum atomic E-state index is 12.9. The summed E-state index contributed by atoms with van der Waals surface area (Å²) in [5.41, 5.74) is 0.183. The summed E-state index contributed by atoms with van der Waals surface area (Å²) in [6.07, 6.45) is 1.45. The Kier molecular flexibility index (Phi) is 5.31. The normalized spacial score (nSPS) is 17.8. The van der Waals surface area contributed by atoms with Crippen LogP contribution in [-0.4, -0.2) is 26.6 Å². The lowest BCUT2D eigenvalue weighted by Gasteiger charge is -2.24. The molecule has 3 aromatic rings. The second kappa shape index (κ2) is 8.08. The number of furan rings is 1. The van der Waals surface area contributed by atoms with Crippen LogP contribution < -0.4 is 0 Å². The van der Waals surface area contributed by atoms with Gasteiger partial charge in [-0.2, -0.15) is 0 Å². The number of aliphatic hydroxyl groups excluding tert-OH is 1. The number of benzene rings is 2. The van der Waals surface area contributed by atoms with Crippen LogP contribution in [0.5, 0.6) is 0 Å². The van der Waals surface area contributed by atoms with Gasteiger partial charge in [0.25, 0.3) is 17.4 Å². The number of hydrogen-bond acceptors (Lipinski definition) is 6. The number of nitro benzene ring substituents is 1. The molecule has 8 nitrogen and oxygen atoms in total. The van der Waals surface area contributed by atoms with Gasteiger partial charge in [0, 0.05) is 22.7 Å². The van der Waals surface area contributed by atoms with Crippen molar-refractivity contribution in [3.63, 3.8) is 0 Å². The van der Waals surface area contributed by atoms with Crippen molar-refractivity contribution in [1.29, 1.82) is 0 Å². The van der Waals surface area contributed by atoms with E-state index in [0.717, 1.165) is 6.07 Å². The van der Waals surface area contributed by atoms with Gasteiger partial charge < -0.3 is 14.4 Å². The summed E-state index contributed by atoms with van der Waals surface area (Å²) in [5.74, 6) is -1.75. The van der Waals surface area contributed by atoms with Gasteiger partial charge in [-0.05, 0) is 29.8 Å². The number of Topliss-reactive ketones (excluding diaryl/α,β-unsaturated/α-hetero) is 1. The lowest BCUT2D eigenvalue weighted by molar-refractivity contribution is -0.384. The van der Waals surface area contributed by atoms with Crippen molar-refractivity contribution in [2.24, 2.45) is 0 Å². The van der Waals surface area contributed by atoms with Gasteiger partial charge in [-0.3, -0.25) is 19.7 Å². The van der Waals surface area contributed by atoms with E-state index in [4.69, 9.17) is 16.0 Å². The van der Waals surface area contributed by atoms with E-state index in [2.05, 4.69) is 0 Å². The van der Waals surface area contributed by atoms with E-state index >= 15 is 0 Å². The topological polar surface area (TPSA) is 114 Å². The van der Waals surface area contributed by atoms with E-state index in [0.29, 0.717) is 16.3 Å². The van der Waals surface area contributed by atoms with Crippen LogP contribution in [0.2, 0.25) is 5.02 Å². The number of non-ortho nitro benzene ring substituents is 1. The van der Waals surface area contributed by atoms with Crippen molar-refractivity contribution in [3.8, 4) is 0 Å². The van der Waals surface area contributed by atoms with E-state index in [1.54, 1.807) is 36.4 Å². The van der Waals surface area contributed by atoms with Crippen molar-refractivity contribution in [3.05, 3.63) is 105 Å². The minimum absolute atomic E-state index is 0.00339. The minimum atomic E-state index is -0.929. The van der Waals surface area contributed by atoms with E-state index in [9.17, 15) is 24.8 Å². The first-order valence-electron chi connectivity index (χ1n) is 9.18. The smallest absolute Gasteiger partial charge is 0.296 e. The third-order valence-corrected chi connectivity index (χ3v) is 5.21. The van der Waals surface area contributed by atoms with Crippen LogP contribution in [0.3, 0.4) is 0 Å². The van der Waals surface area contributed by atoms with Crippen LogP contribution >= 0.6 is 11.6 Å². The molecule has 1 fully saturated rings. The first kappa shape index (κ1) is 20.4. The molecule has 1 N–H and O–H groups in total. The van der Waals surface area contributed by atoms with Gasteiger partial charge in [0.05, 0.1) is 29.3 Å². The first-order chi connectivity index (χ1) is 14.9. The Labute approximate surface area is 181 Å². The van der Waals surface area contributed by atoms with E-state index in [1.807, 2.05) is 0 Å². The average Bonchev–Trinajstić information content (AvgIpc) is 3.36. The summed E-state index contributed by atoms with van der Waals surface area (Å²) in [4.78, 5) is 37.6. The number of ketones is 1. The highest BCUT2D eigenvalue weighted by Gasteiger charge is 2.46. The molecule has 2 aromatic carbocycles. The summed E-state index contributed by atoms with van der Waals surface area (Å²) >= 11 is 5.98. The Bertz CT molecular complexity index is 1200. The molecule has 1 aliphatic heterocycles. The fourth-order valence-corrected chi connectivity index (χ4v) is 3.65. The van der Waals surface area contributed by atoms with Gasteiger partial charge in [0.2, 0.25) is 0 Å². The monoisotopic (exact) mass is 438 g/mol. The zero-order valence-electron chi connectivity index (χ0n) is 15.9. The summed E-state index contributed by atoms with van der Waals surface area (Å²) in [6, 6.07) is 14.1. The van der Waals surface area contributed by atoms with Gasteiger partial charge in [-0.25, -0.2) is 0 Å². The SMILES string of the molecule is O=C1C(=O)N(Cc2ccco2)[C@H](c2ccc(Cl)cc2)/C1=C(\O)c1cccc([N+](=O)[O-])c1. The molecule has 9 heteroatoms. The lowest BCUT2D eigenvalue weighted by atomic mass is 9.95. The molecule has 1 atom stereocenters. The van der Waals surface area contributed by atoms with Crippen LogP contribution in [0.15, 0.2) is 76.9 Å². The Morgan fingerprint density at radius 2 is 1.87 bits per heavy atom. The van der Waals surface area contributed by atoms with Gasteiger partial charge in [0.15, 0.2) is 0 Å². The predicted octanol–water partition coefficient (Wildman–Crippen LogP) is 4.46. The zero-order valence-corrected chi connectivity index (χ0v) is 16.7. The molecule has 1 amide bonds. The van der Waals surface area contributed by atoms with Crippen molar-refractivity contribution in [1.82, 2.24) is 4.90 Å². The molecule has 31 heavy (non-hydrogen) atoms. The number of hydrogen-bond donors (Lipinski definition) is 1. The van der Waals surface area contributed by atoms with Crippen molar-refractivity contribution in [2.45, 2.75) is 12.6 Å². The number of likely N-dealkylation sites (tertiary alicyclic amines) is 1. The molecule has 4 rings (SSSR count). The number of nitrogens with zero attached hydrogens (tertiary/aromatic N) is 2. The molecule has 1 aromatic heterocycles. The molecule has 0 radical (unpaired) electrons. The second-order valence-electron chi connectivity index (χ2n) is 6.87. The van der Waals surface area contributed by atoms with Crippen LogP contribution in [0.1, 0.15) is 22.9 Å². The van der Waals surface area contributed by atoms with Gasteiger partial charge in [0.1, 0.15) is 11.5 Å². The molecule has 0 saturated carbocycles. The number of carbonyl (C=O) groups is 2. The molecule has 0 unspecified atom stereocenters. The third kappa shape index (κ3) is 3.80. The summed E-state index contributed by atoms with van der Waals surface area (Å²) in [5, 5.41) is 22.5. The third-order valence-electron chi connectivity index (χ3n) is 4.96. The van der Waals surface area contributed by atoms with Crippen molar-refractivity contribution >= 4 is 34.7 Å². The minimum Gasteiger partial charge on any atom is -0.507 e. The average molecular weight is 439 g/mol. The van der Waals surface area contributed by atoms with Gasteiger partial charge in [-0.15, -0.1) is 0 Å². The Morgan fingerprint density at radius 3 is 2.52 bits per heavy atom. The van der Waals surface area contributed by atoms with E-state index in [1.165, 1.54) is 29.4 Å². The molecule has 0 aliphatic carbocycles. The maximum absolute atomic E-state index is 12.9. The van der Waals surface area contributed by atoms with E-state index < -0.39 is 28.4 Å². The van der Waals surface area contributed by atoms with Crippen molar-refractivity contribution in [2.75, 3.05) is 0 Å². The maximum Gasteiger partial charge on any atom is 0.296 e. The molecular weight excluding hydrogens is 424 g/mol. The highest BCUT2D eigenvalue weighted by atomic mass is 35.5. The van der Waals surface area contributed by atoms with Crippen LogP contribution in [0.25, 0.3) is 5.76 Å². The molecule has 0 spiro atoms. The fraction of sp³-hybridized carbons (Fsp3) is 0.0909. The quantitative estimate of drug-likeness (QED) is 0.207. The van der Waals surface area contributed by atoms with Crippen LogP contribution in [0, 0.1) is 10.1 Å². The summed E-state index contributed by atoms with van der Waals surface area (Å²) in [6.45, 7) is -0.00339. The summed E-state index contributed by atoms with van der Waals surface area (Å²) in [7, 11) is 0. The molecule has 1 aliphatic rings. The van der Waals surface area contributed by atoms with Crippen molar-refractivity contribution < 1.29 is 24.0 Å². The lowest BCUT2D eigenvalue weighted by Crippen LogP contribution is -2.29. The molecule has 2 heterocycles. The first-order valence-corrected chi connectivity index (χ1v) is 9.55. The standard InChI is InChI=1S/C22H15ClN2O6/c23-15-8-6-13(7-9-15)19-18(20(26)14-3-1-4-16(11-14)25(29)30)21(27)22(28)24(19)12-17-5-2-10-31-17/h1-11,19,26H,12H2/b20-18+/t19-/m1/s1. The highest BCUT2D eigenvalue weighted by molar-refractivity contribution is 6.46. The van der Waals surface area contributed by atoms with Crippen LogP contribution in [0.4, 0.5) is 5.69 Å². The largest absolute Gasteiger partial charge is 0.507 e. The van der Waals surface area contributed by atoms with Gasteiger partial charge in [-0.1, -0.05) is 35.9 Å². The highest BCUT2D eigenvalue weighted by Crippen LogP contribution is 2.40. The molecule has 0 bridgehead atoms. The summed E-state index contributed by atoms with van der Waals surface area (Å²) < 4.78 is 5.32. The number of halogens is 1. The zero-order chi connectivity index (χ0) is 22.1.